The van der Waals surface area contributed by atoms with E-state index in [1.165, 1.54) is 0 Å². The van der Waals surface area contributed by atoms with Crippen LogP contribution in [0.15, 0.2) is 6.07 Å². The summed E-state index contributed by atoms with van der Waals surface area (Å²) < 4.78 is 0. The van der Waals surface area contributed by atoms with Gasteiger partial charge in [-0.05, 0) is 25.5 Å². The topological polar surface area (TPSA) is 123 Å². The number of aromatic nitrogens is 1. The van der Waals surface area contributed by atoms with E-state index in [9.17, 15) is 25.2 Å². The van der Waals surface area contributed by atoms with Gasteiger partial charge in [-0.25, -0.2) is 9.78 Å². The van der Waals surface area contributed by atoms with E-state index >= 15 is 0 Å². The zero-order valence-electron chi connectivity index (χ0n) is 10.8. The molecule has 7 heteroatoms. The molecular weight excluding hydrogens is 252 g/mol. The summed E-state index contributed by atoms with van der Waals surface area (Å²) in [6.45, 7) is 1.64. The van der Waals surface area contributed by atoms with Gasteiger partial charge in [0.15, 0.2) is 0 Å². The van der Waals surface area contributed by atoms with Crippen molar-refractivity contribution in [2.24, 2.45) is 0 Å². The molecule has 7 nitrogen and oxygen atoms in total. The average molecular weight is 270 g/mol. The van der Waals surface area contributed by atoms with E-state index in [-0.39, 0.29) is 11.4 Å². The minimum atomic E-state index is -1.42. The molecule has 0 amide bonds. The maximum Gasteiger partial charge on any atom is 0.339 e. The van der Waals surface area contributed by atoms with Gasteiger partial charge in [-0.2, -0.15) is 0 Å². The SMILES string of the molecule is Cc1cc(C)c(C(=O)O)c(NC(CO)(CO)CO)n1. The minimum Gasteiger partial charge on any atom is -0.478 e. The first-order chi connectivity index (χ1) is 8.89. The molecule has 0 fully saturated rings. The Morgan fingerprint density at radius 3 is 2.21 bits per heavy atom. The van der Waals surface area contributed by atoms with Crippen molar-refractivity contribution in [3.8, 4) is 0 Å². The number of carboxylic acids is 1. The second-order valence-corrected chi connectivity index (χ2v) is 4.49. The molecule has 0 atom stereocenters. The smallest absolute Gasteiger partial charge is 0.339 e. The average Bonchev–Trinajstić information content (AvgIpc) is 2.34. The summed E-state index contributed by atoms with van der Waals surface area (Å²) in [5, 5.41) is 39.6. The number of aliphatic hydroxyl groups is 3. The van der Waals surface area contributed by atoms with E-state index in [0.717, 1.165) is 0 Å². The summed E-state index contributed by atoms with van der Waals surface area (Å²) >= 11 is 0. The number of pyridine rings is 1. The van der Waals surface area contributed by atoms with Crippen molar-refractivity contribution >= 4 is 11.8 Å². The second-order valence-electron chi connectivity index (χ2n) is 4.49. The number of aromatic carboxylic acids is 1. The highest BCUT2D eigenvalue weighted by Gasteiger charge is 2.30. The fourth-order valence-electron chi connectivity index (χ4n) is 1.72. The molecule has 1 aromatic rings. The van der Waals surface area contributed by atoms with Crippen LogP contribution in [-0.4, -0.2) is 56.7 Å². The highest BCUT2D eigenvalue weighted by Crippen LogP contribution is 2.22. The number of hydrogen-bond donors (Lipinski definition) is 5. The Labute approximate surface area is 110 Å². The van der Waals surface area contributed by atoms with Crippen molar-refractivity contribution in [3.05, 3.63) is 22.9 Å². The molecule has 0 radical (unpaired) electrons. The van der Waals surface area contributed by atoms with Gasteiger partial charge in [0.1, 0.15) is 16.9 Å². The summed E-state index contributed by atoms with van der Waals surface area (Å²) in [5.74, 6) is -1.16. The first-order valence-corrected chi connectivity index (χ1v) is 5.71. The van der Waals surface area contributed by atoms with Crippen molar-refractivity contribution in [1.82, 2.24) is 4.98 Å². The monoisotopic (exact) mass is 270 g/mol. The van der Waals surface area contributed by atoms with Crippen molar-refractivity contribution in [1.29, 1.82) is 0 Å². The molecule has 0 saturated heterocycles. The van der Waals surface area contributed by atoms with Gasteiger partial charge in [0, 0.05) is 5.69 Å². The third kappa shape index (κ3) is 3.19. The van der Waals surface area contributed by atoms with E-state index in [2.05, 4.69) is 10.3 Å². The van der Waals surface area contributed by atoms with Crippen molar-refractivity contribution in [3.63, 3.8) is 0 Å². The maximum atomic E-state index is 11.2. The Morgan fingerprint density at radius 2 is 1.79 bits per heavy atom. The Bertz CT molecular complexity index is 463. The number of nitrogens with zero attached hydrogens (tertiary/aromatic N) is 1. The molecular formula is C12H18N2O5. The number of carbonyl (C=O) groups is 1. The fourth-order valence-corrected chi connectivity index (χ4v) is 1.72. The van der Waals surface area contributed by atoms with Crippen LogP contribution in [0, 0.1) is 13.8 Å². The molecule has 0 aromatic carbocycles. The van der Waals surface area contributed by atoms with Crippen LogP contribution in [-0.2, 0) is 0 Å². The lowest BCUT2D eigenvalue weighted by Gasteiger charge is -2.30. The molecule has 0 unspecified atom stereocenters. The molecule has 0 bridgehead atoms. The first kappa shape index (κ1) is 15.4. The number of carboxylic acid groups (broad SMARTS) is 1. The molecule has 19 heavy (non-hydrogen) atoms. The minimum absolute atomic E-state index is 0.0159. The number of hydrogen-bond acceptors (Lipinski definition) is 6. The Morgan fingerprint density at radius 1 is 1.26 bits per heavy atom. The van der Waals surface area contributed by atoms with Crippen LogP contribution in [0.4, 0.5) is 5.82 Å². The van der Waals surface area contributed by atoms with E-state index in [1.54, 1.807) is 19.9 Å². The van der Waals surface area contributed by atoms with Crippen LogP contribution in [0.3, 0.4) is 0 Å². The Hall–Kier alpha value is -1.70. The summed E-state index contributed by atoms with van der Waals surface area (Å²) in [7, 11) is 0. The summed E-state index contributed by atoms with van der Waals surface area (Å²) in [6, 6.07) is 1.62. The second kappa shape index (κ2) is 5.96. The van der Waals surface area contributed by atoms with E-state index in [0.29, 0.717) is 11.3 Å². The van der Waals surface area contributed by atoms with E-state index in [1.807, 2.05) is 0 Å². The lowest BCUT2D eigenvalue weighted by atomic mass is 10.0. The number of anilines is 1. The van der Waals surface area contributed by atoms with Crippen LogP contribution < -0.4 is 5.32 Å². The van der Waals surface area contributed by atoms with Crippen LogP contribution in [0.2, 0.25) is 0 Å². The van der Waals surface area contributed by atoms with Crippen molar-refractivity contribution in [2.75, 3.05) is 25.1 Å². The molecule has 0 aliphatic rings. The highest BCUT2D eigenvalue weighted by molar-refractivity contribution is 5.95. The predicted molar refractivity (Wildman–Crippen MR) is 68.3 cm³/mol. The number of nitrogens with one attached hydrogen (secondary N) is 1. The van der Waals surface area contributed by atoms with Gasteiger partial charge in [-0.3, -0.25) is 0 Å². The Balaban J connectivity index is 3.30. The van der Waals surface area contributed by atoms with Gasteiger partial charge in [-0.1, -0.05) is 0 Å². The predicted octanol–water partition coefficient (Wildman–Crippen LogP) is -0.476. The highest BCUT2D eigenvalue weighted by atomic mass is 16.4. The molecule has 1 rings (SSSR count). The third-order valence-corrected chi connectivity index (χ3v) is 2.85. The van der Waals surface area contributed by atoms with Crippen LogP contribution in [0.1, 0.15) is 21.6 Å². The standard InChI is InChI=1S/C12H18N2O5/c1-7-3-8(2)13-10(9(7)11(18)19)14-12(4-15,5-16)6-17/h3,15-17H,4-6H2,1-2H3,(H,13,14)(H,18,19). The molecule has 1 heterocycles. The Kier molecular flexibility index (Phi) is 4.82. The fraction of sp³-hybridized carbons (Fsp3) is 0.500. The maximum absolute atomic E-state index is 11.2. The molecule has 0 aliphatic carbocycles. The third-order valence-electron chi connectivity index (χ3n) is 2.85. The van der Waals surface area contributed by atoms with Gasteiger partial charge in [0.25, 0.3) is 0 Å². The zero-order chi connectivity index (χ0) is 14.6. The van der Waals surface area contributed by atoms with Gasteiger partial charge in [-0.15, -0.1) is 0 Å². The van der Waals surface area contributed by atoms with Crippen LogP contribution in [0.5, 0.6) is 0 Å². The molecule has 0 spiro atoms. The molecule has 0 aliphatic heterocycles. The molecule has 5 N–H and O–H groups in total. The van der Waals surface area contributed by atoms with Crippen molar-refractivity contribution in [2.45, 2.75) is 19.4 Å². The summed E-state index contributed by atoms with van der Waals surface area (Å²) in [5.41, 5.74) is -0.375. The molecule has 0 saturated carbocycles. The van der Waals surface area contributed by atoms with Gasteiger partial charge in [0.2, 0.25) is 0 Å². The zero-order valence-corrected chi connectivity index (χ0v) is 10.8. The molecule has 1 aromatic heterocycles. The summed E-state index contributed by atoms with van der Waals surface area (Å²) in [6.07, 6.45) is 0. The summed E-state index contributed by atoms with van der Waals surface area (Å²) in [4.78, 5) is 15.3. The van der Waals surface area contributed by atoms with Gasteiger partial charge >= 0.3 is 5.97 Å². The quantitative estimate of drug-likeness (QED) is 0.473. The largest absolute Gasteiger partial charge is 0.478 e. The lowest BCUT2D eigenvalue weighted by molar-refractivity contribution is 0.0690. The normalized spacial score (nSPS) is 11.4. The molecule has 106 valence electrons. The van der Waals surface area contributed by atoms with Crippen LogP contribution >= 0.6 is 0 Å². The first-order valence-electron chi connectivity index (χ1n) is 5.71. The van der Waals surface area contributed by atoms with E-state index < -0.39 is 31.3 Å². The lowest BCUT2D eigenvalue weighted by Crippen LogP contribution is -2.49. The number of rotatable bonds is 6. The number of aryl methyl sites for hydroxylation is 2. The van der Waals surface area contributed by atoms with Gasteiger partial charge in [0.05, 0.1) is 19.8 Å². The van der Waals surface area contributed by atoms with Gasteiger partial charge < -0.3 is 25.7 Å². The van der Waals surface area contributed by atoms with E-state index in [4.69, 9.17) is 0 Å². The number of aliphatic hydroxyl groups excluding tert-OH is 3. The van der Waals surface area contributed by atoms with Crippen molar-refractivity contribution < 1.29 is 25.2 Å². The van der Waals surface area contributed by atoms with Crippen LogP contribution in [0.25, 0.3) is 0 Å².